The Morgan fingerprint density at radius 3 is 2.40 bits per heavy atom. The highest BCUT2D eigenvalue weighted by Gasteiger charge is 2.25. The first-order chi connectivity index (χ1) is 4.61. The van der Waals surface area contributed by atoms with Gasteiger partial charge in [-0.15, -0.1) is 0 Å². The molecule has 2 unspecified atom stereocenters. The molecule has 0 aromatic carbocycles. The van der Waals surface area contributed by atoms with E-state index in [0.717, 1.165) is 6.42 Å². The molecule has 1 N–H and O–H groups in total. The largest absolute Gasteiger partial charge is 0.389 e. The zero-order valence-corrected chi connectivity index (χ0v) is 6.96. The van der Waals surface area contributed by atoms with Crippen LogP contribution in [0.2, 0.25) is 0 Å². The predicted octanol–water partition coefficient (Wildman–Crippen LogP) is 1.97. The first-order valence-corrected chi connectivity index (χ1v) is 3.96. The van der Waals surface area contributed by atoms with E-state index >= 15 is 0 Å². The fourth-order valence-corrected chi connectivity index (χ4v) is 1.61. The number of allylic oxidation sites excluding steroid dienone is 1. The van der Waals surface area contributed by atoms with Gasteiger partial charge in [-0.05, 0) is 25.2 Å². The van der Waals surface area contributed by atoms with E-state index < -0.39 is 0 Å². The third-order valence-corrected chi connectivity index (χ3v) is 2.31. The van der Waals surface area contributed by atoms with Crippen molar-refractivity contribution in [3.63, 3.8) is 0 Å². The highest BCUT2D eigenvalue weighted by atomic mass is 16.3. The molecule has 58 valence electrons. The average Bonchev–Trinajstić information content (AvgIpc) is 2.10. The molecule has 0 spiro atoms. The molecule has 1 nitrogen and oxygen atoms in total. The third-order valence-electron chi connectivity index (χ3n) is 2.31. The van der Waals surface area contributed by atoms with Crippen LogP contribution in [0, 0.1) is 11.8 Å². The first-order valence-electron chi connectivity index (χ1n) is 3.96. The van der Waals surface area contributed by atoms with Crippen LogP contribution in [-0.2, 0) is 0 Å². The standard InChI is InChI=1S/C9H16O/c1-6(2)8-4-7(3)5-9(8)10/h5-6,8-10H,4H2,1-3H3. The lowest BCUT2D eigenvalue weighted by atomic mass is 9.91. The quantitative estimate of drug-likeness (QED) is 0.552. The summed E-state index contributed by atoms with van der Waals surface area (Å²) >= 11 is 0. The van der Waals surface area contributed by atoms with Crippen LogP contribution in [0.15, 0.2) is 11.6 Å². The van der Waals surface area contributed by atoms with Gasteiger partial charge in [-0.25, -0.2) is 0 Å². The van der Waals surface area contributed by atoms with E-state index in [2.05, 4.69) is 20.8 Å². The SMILES string of the molecule is CC1=CC(O)C(C(C)C)C1. The van der Waals surface area contributed by atoms with E-state index in [1.165, 1.54) is 5.57 Å². The fraction of sp³-hybridized carbons (Fsp3) is 0.778. The van der Waals surface area contributed by atoms with E-state index in [1.807, 2.05) is 6.08 Å². The van der Waals surface area contributed by atoms with E-state index in [0.29, 0.717) is 11.8 Å². The van der Waals surface area contributed by atoms with Gasteiger partial charge >= 0.3 is 0 Å². The molecular weight excluding hydrogens is 124 g/mol. The normalized spacial score (nSPS) is 33.1. The van der Waals surface area contributed by atoms with Crippen molar-refractivity contribution in [3.8, 4) is 0 Å². The summed E-state index contributed by atoms with van der Waals surface area (Å²) in [5, 5.41) is 9.45. The number of hydrogen-bond donors (Lipinski definition) is 1. The second kappa shape index (κ2) is 2.75. The molecular formula is C9H16O. The minimum atomic E-state index is -0.181. The predicted molar refractivity (Wildman–Crippen MR) is 42.7 cm³/mol. The van der Waals surface area contributed by atoms with Crippen molar-refractivity contribution < 1.29 is 5.11 Å². The van der Waals surface area contributed by atoms with Crippen LogP contribution in [0.1, 0.15) is 27.2 Å². The van der Waals surface area contributed by atoms with Crippen LogP contribution >= 0.6 is 0 Å². The van der Waals surface area contributed by atoms with E-state index in [-0.39, 0.29) is 6.10 Å². The Morgan fingerprint density at radius 1 is 1.60 bits per heavy atom. The van der Waals surface area contributed by atoms with Gasteiger partial charge in [0.25, 0.3) is 0 Å². The van der Waals surface area contributed by atoms with Crippen LogP contribution in [0.4, 0.5) is 0 Å². The van der Waals surface area contributed by atoms with Gasteiger partial charge in [0.2, 0.25) is 0 Å². The Balaban J connectivity index is 2.55. The molecule has 0 saturated carbocycles. The molecule has 0 saturated heterocycles. The van der Waals surface area contributed by atoms with Crippen molar-refractivity contribution in [2.45, 2.75) is 33.3 Å². The Bertz CT molecular complexity index is 147. The molecule has 2 atom stereocenters. The topological polar surface area (TPSA) is 20.2 Å². The molecule has 0 heterocycles. The highest BCUT2D eigenvalue weighted by molar-refractivity contribution is 5.12. The summed E-state index contributed by atoms with van der Waals surface area (Å²) in [6, 6.07) is 0. The van der Waals surface area contributed by atoms with Gasteiger partial charge in [-0.3, -0.25) is 0 Å². The minimum absolute atomic E-state index is 0.181. The van der Waals surface area contributed by atoms with Crippen LogP contribution in [0.5, 0.6) is 0 Å². The summed E-state index contributed by atoms with van der Waals surface area (Å²) in [7, 11) is 0. The molecule has 1 aliphatic carbocycles. The van der Waals surface area contributed by atoms with Crippen LogP contribution in [-0.4, -0.2) is 11.2 Å². The summed E-state index contributed by atoms with van der Waals surface area (Å²) in [5.41, 5.74) is 1.34. The zero-order chi connectivity index (χ0) is 7.72. The van der Waals surface area contributed by atoms with Gasteiger partial charge in [0, 0.05) is 0 Å². The van der Waals surface area contributed by atoms with Crippen molar-refractivity contribution in [2.75, 3.05) is 0 Å². The van der Waals surface area contributed by atoms with Crippen LogP contribution in [0.3, 0.4) is 0 Å². The van der Waals surface area contributed by atoms with Crippen molar-refractivity contribution in [1.82, 2.24) is 0 Å². The van der Waals surface area contributed by atoms with Crippen LogP contribution in [0.25, 0.3) is 0 Å². The molecule has 0 fully saturated rings. The van der Waals surface area contributed by atoms with Gasteiger partial charge in [0.1, 0.15) is 0 Å². The number of aliphatic hydroxyl groups excluding tert-OH is 1. The van der Waals surface area contributed by atoms with Crippen LogP contribution < -0.4 is 0 Å². The summed E-state index contributed by atoms with van der Waals surface area (Å²) in [6.07, 6.45) is 2.88. The molecule has 1 aliphatic rings. The lowest BCUT2D eigenvalue weighted by molar-refractivity contribution is 0.135. The zero-order valence-electron chi connectivity index (χ0n) is 6.96. The molecule has 0 aliphatic heterocycles. The van der Waals surface area contributed by atoms with Crippen molar-refractivity contribution in [1.29, 1.82) is 0 Å². The smallest absolute Gasteiger partial charge is 0.0757 e. The maximum Gasteiger partial charge on any atom is 0.0757 e. The van der Waals surface area contributed by atoms with E-state index in [4.69, 9.17) is 0 Å². The summed E-state index contributed by atoms with van der Waals surface area (Å²) in [6.45, 7) is 6.42. The maximum absolute atomic E-state index is 9.45. The Morgan fingerprint density at radius 2 is 2.20 bits per heavy atom. The molecule has 0 bridgehead atoms. The molecule has 0 aromatic rings. The van der Waals surface area contributed by atoms with Gasteiger partial charge in [0.05, 0.1) is 6.10 Å². The molecule has 1 rings (SSSR count). The molecule has 0 radical (unpaired) electrons. The lowest BCUT2D eigenvalue weighted by Crippen LogP contribution is -2.18. The fourth-order valence-electron chi connectivity index (χ4n) is 1.61. The summed E-state index contributed by atoms with van der Waals surface area (Å²) < 4.78 is 0. The van der Waals surface area contributed by atoms with Gasteiger partial charge in [0.15, 0.2) is 0 Å². The second-order valence-corrected chi connectivity index (χ2v) is 3.62. The lowest BCUT2D eigenvalue weighted by Gasteiger charge is -2.17. The monoisotopic (exact) mass is 140 g/mol. The molecule has 1 heteroatoms. The molecule has 0 amide bonds. The van der Waals surface area contributed by atoms with Crippen molar-refractivity contribution >= 4 is 0 Å². The number of aliphatic hydroxyl groups is 1. The van der Waals surface area contributed by atoms with Crippen molar-refractivity contribution in [2.24, 2.45) is 11.8 Å². The summed E-state index contributed by atoms with van der Waals surface area (Å²) in [4.78, 5) is 0. The minimum Gasteiger partial charge on any atom is -0.389 e. The highest BCUT2D eigenvalue weighted by Crippen LogP contribution is 2.30. The van der Waals surface area contributed by atoms with Gasteiger partial charge in [-0.2, -0.15) is 0 Å². The third kappa shape index (κ3) is 1.40. The van der Waals surface area contributed by atoms with Gasteiger partial charge < -0.3 is 5.11 Å². The maximum atomic E-state index is 9.45. The van der Waals surface area contributed by atoms with E-state index in [9.17, 15) is 5.11 Å². The van der Waals surface area contributed by atoms with Crippen molar-refractivity contribution in [3.05, 3.63) is 11.6 Å². The van der Waals surface area contributed by atoms with Gasteiger partial charge in [-0.1, -0.05) is 25.5 Å². The Hall–Kier alpha value is -0.300. The molecule has 10 heavy (non-hydrogen) atoms. The number of hydrogen-bond acceptors (Lipinski definition) is 1. The number of rotatable bonds is 1. The first kappa shape index (κ1) is 7.80. The Labute approximate surface area is 62.8 Å². The molecule has 0 aromatic heterocycles. The summed E-state index contributed by atoms with van der Waals surface area (Å²) in [5.74, 6) is 1.07. The average molecular weight is 140 g/mol. The Kier molecular flexibility index (Phi) is 2.14. The second-order valence-electron chi connectivity index (χ2n) is 3.62. The van der Waals surface area contributed by atoms with E-state index in [1.54, 1.807) is 0 Å².